The quantitative estimate of drug-likeness (QED) is 0.342. The zero-order chi connectivity index (χ0) is 24.7. The number of carbonyl (C=O) groups is 4. The molecule has 1 fully saturated rings. The molecule has 1 aliphatic heterocycles. The first-order valence-electron chi connectivity index (χ1n) is 11.5. The predicted octanol–water partition coefficient (Wildman–Crippen LogP) is 1.93. The fraction of sp³-hybridized carbons (Fsp3) is 0.500. The van der Waals surface area contributed by atoms with Crippen molar-refractivity contribution in [2.45, 2.75) is 63.6 Å². The zero-order valence-electron chi connectivity index (χ0n) is 19.2. The fourth-order valence-corrected chi connectivity index (χ4v) is 4.43. The van der Waals surface area contributed by atoms with E-state index in [2.05, 4.69) is 10.3 Å². The van der Waals surface area contributed by atoms with Gasteiger partial charge in [-0.2, -0.15) is 0 Å². The topological polar surface area (TPSA) is 149 Å². The van der Waals surface area contributed by atoms with Crippen LogP contribution in [-0.2, 0) is 30.3 Å². The molecule has 0 bridgehead atoms. The lowest BCUT2D eigenvalue weighted by atomic mass is 10.0. The molecule has 0 saturated carbocycles. The van der Waals surface area contributed by atoms with Gasteiger partial charge in [-0.25, -0.2) is 4.79 Å². The molecule has 1 unspecified atom stereocenters. The van der Waals surface area contributed by atoms with Crippen LogP contribution in [0.1, 0.15) is 44.6 Å². The number of H-pyrrole nitrogens is 1. The van der Waals surface area contributed by atoms with Crippen molar-refractivity contribution >= 4 is 34.7 Å². The number of benzene rings is 1. The number of nitrogens with one attached hydrogen (secondary N) is 2. The second kappa shape index (κ2) is 11.6. The number of aliphatic carboxylic acids is 2. The molecular formula is C24H31N3O7. The van der Waals surface area contributed by atoms with E-state index >= 15 is 0 Å². The van der Waals surface area contributed by atoms with Gasteiger partial charge in [-0.3, -0.25) is 19.7 Å². The molecule has 0 radical (unpaired) electrons. The maximum absolute atomic E-state index is 13.2. The number of fused-ring (bicyclic) bond motifs is 1. The first-order chi connectivity index (χ1) is 16.3. The molecule has 0 aliphatic carbocycles. The number of rotatable bonds is 12. The van der Waals surface area contributed by atoms with Crippen molar-refractivity contribution in [1.82, 2.24) is 15.2 Å². The van der Waals surface area contributed by atoms with Gasteiger partial charge in [-0.05, 0) is 50.7 Å². The van der Waals surface area contributed by atoms with E-state index in [4.69, 9.17) is 9.84 Å². The second-order valence-corrected chi connectivity index (χ2v) is 8.38. The Morgan fingerprint density at radius 3 is 2.65 bits per heavy atom. The average Bonchev–Trinajstić information content (AvgIpc) is 3.46. The smallest absolute Gasteiger partial charge is 0.326 e. The molecule has 0 spiro atoms. The maximum Gasteiger partial charge on any atom is 0.326 e. The Morgan fingerprint density at radius 2 is 1.94 bits per heavy atom. The minimum absolute atomic E-state index is 0.0694. The summed E-state index contributed by atoms with van der Waals surface area (Å²) in [4.78, 5) is 53.2. The van der Waals surface area contributed by atoms with Crippen molar-refractivity contribution in [2.75, 3.05) is 13.2 Å². The van der Waals surface area contributed by atoms with Crippen LogP contribution in [0.5, 0.6) is 0 Å². The van der Waals surface area contributed by atoms with Crippen LogP contribution >= 0.6 is 0 Å². The maximum atomic E-state index is 13.2. The van der Waals surface area contributed by atoms with E-state index in [1.54, 1.807) is 6.92 Å². The van der Waals surface area contributed by atoms with Crippen molar-refractivity contribution in [2.24, 2.45) is 0 Å². The van der Waals surface area contributed by atoms with Gasteiger partial charge in [0.25, 0.3) is 0 Å². The number of hydrogen-bond donors (Lipinski definition) is 4. The Balaban J connectivity index is 1.78. The molecule has 2 aromatic rings. The van der Waals surface area contributed by atoms with Crippen LogP contribution in [0.25, 0.3) is 10.9 Å². The van der Waals surface area contributed by atoms with Gasteiger partial charge in [0.2, 0.25) is 5.91 Å². The van der Waals surface area contributed by atoms with E-state index in [1.165, 1.54) is 4.90 Å². The van der Waals surface area contributed by atoms with Crippen LogP contribution in [0.4, 0.5) is 0 Å². The molecule has 34 heavy (non-hydrogen) atoms. The lowest BCUT2D eigenvalue weighted by Crippen LogP contribution is -2.54. The van der Waals surface area contributed by atoms with E-state index in [1.807, 2.05) is 30.5 Å². The second-order valence-electron chi connectivity index (χ2n) is 8.38. The van der Waals surface area contributed by atoms with Crippen LogP contribution in [0.3, 0.4) is 0 Å². The van der Waals surface area contributed by atoms with Gasteiger partial charge >= 0.3 is 17.9 Å². The third kappa shape index (κ3) is 6.13. The summed E-state index contributed by atoms with van der Waals surface area (Å²) in [6.45, 7) is 2.12. The highest BCUT2D eigenvalue weighted by Gasteiger charge is 2.38. The van der Waals surface area contributed by atoms with Gasteiger partial charge in [0.05, 0.1) is 12.6 Å². The van der Waals surface area contributed by atoms with E-state index < -0.39 is 41.9 Å². The van der Waals surface area contributed by atoms with Gasteiger partial charge in [-0.1, -0.05) is 18.2 Å². The summed E-state index contributed by atoms with van der Waals surface area (Å²) in [5.74, 6) is -3.22. The Kier molecular flexibility index (Phi) is 8.64. The summed E-state index contributed by atoms with van der Waals surface area (Å²) in [5, 5.41) is 22.7. The molecule has 1 aliphatic rings. The predicted molar refractivity (Wildman–Crippen MR) is 123 cm³/mol. The lowest BCUT2D eigenvalue weighted by Gasteiger charge is -2.29. The van der Waals surface area contributed by atoms with Gasteiger partial charge in [0.1, 0.15) is 12.1 Å². The van der Waals surface area contributed by atoms with Crippen LogP contribution in [-0.4, -0.2) is 75.2 Å². The molecule has 184 valence electrons. The van der Waals surface area contributed by atoms with E-state index in [0.717, 1.165) is 16.5 Å². The summed E-state index contributed by atoms with van der Waals surface area (Å²) in [5.41, 5.74) is 1.98. The third-order valence-corrected chi connectivity index (χ3v) is 6.12. The molecule has 3 rings (SSSR count). The highest BCUT2D eigenvalue weighted by Crippen LogP contribution is 2.22. The summed E-state index contributed by atoms with van der Waals surface area (Å²) in [7, 11) is 0. The molecule has 2 heterocycles. The van der Waals surface area contributed by atoms with E-state index in [-0.39, 0.29) is 26.0 Å². The summed E-state index contributed by atoms with van der Waals surface area (Å²) >= 11 is 0. The van der Waals surface area contributed by atoms with Crippen LogP contribution in [0.15, 0.2) is 30.5 Å². The Hall–Kier alpha value is -3.40. The molecule has 1 aromatic heterocycles. The molecule has 10 heteroatoms. The van der Waals surface area contributed by atoms with Gasteiger partial charge in [-0.15, -0.1) is 0 Å². The Bertz CT molecular complexity index is 1030. The number of carboxylic acids is 2. The number of aromatic amines is 1. The number of esters is 1. The summed E-state index contributed by atoms with van der Waals surface area (Å²) in [6, 6.07) is 4.95. The molecule has 3 atom stereocenters. The number of ether oxygens (including phenoxy) is 1. The molecular weight excluding hydrogens is 442 g/mol. The highest BCUT2D eigenvalue weighted by atomic mass is 16.5. The molecule has 4 N–H and O–H groups in total. The van der Waals surface area contributed by atoms with E-state index in [9.17, 15) is 24.3 Å². The normalized spacial score (nSPS) is 17.4. The molecule has 1 saturated heterocycles. The van der Waals surface area contributed by atoms with Gasteiger partial charge < -0.3 is 24.8 Å². The van der Waals surface area contributed by atoms with Crippen LogP contribution in [0, 0.1) is 0 Å². The highest BCUT2D eigenvalue weighted by molar-refractivity contribution is 5.89. The molecule has 1 amide bonds. The Labute approximate surface area is 197 Å². The van der Waals surface area contributed by atoms with Crippen molar-refractivity contribution in [1.29, 1.82) is 0 Å². The number of amides is 1. The number of aromatic nitrogens is 1. The number of carbonyl (C=O) groups excluding carboxylic acids is 2. The first kappa shape index (κ1) is 25.2. The average molecular weight is 474 g/mol. The SMILES string of the molecule is CCOC(=O)C(CCc1c[nH]c2ccccc12)N[C@@H](CCC(=O)O)C(=O)N1CCC[C@H]1C(=O)O. The standard InChI is InChI=1S/C24H31N3O7/c1-2-34-24(33)19(10-9-15-14-25-17-7-4-3-6-16(15)17)26-18(11-12-21(28)29)22(30)27-13-5-8-20(27)23(31)32/h3-4,6-7,14,18-20,25-26H,2,5,8-13H2,1H3,(H,28,29)(H,31,32)/t18-,19?,20-/m0/s1. The van der Waals surface area contributed by atoms with Gasteiger partial charge in [0, 0.05) is 30.1 Å². The molecule has 10 nitrogen and oxygen atoms in total. The van der Waals surface area contributed by atoms with Gasteiger partial charge in [0.15, 0.2) is 0 Å². The number of likely N-dealkylation sites (tertiary alicyclic amines) is 1. The van der Waals surface area contributed by atoms with Crippen LogP contribution < -0.4 is 5.32 Å². The number of nitrogens with zero attached hydrogens (tertiary/aromatic N) is 1. The minimum atomic E-state index is -1.09. The summed E-state index contributed by atoms with van der Waals surface area (Å²) < 4.78 is 5.21. The van der Waals surface area contributed by atoms with Crippen molar-refractivity contribution in [3.8, 4) is 0 Å². The minimum Gasteiger partial charge on any atom is -0.481 e. The number of para-hydroxylation sites is 1. The fourth-order valence-electron chi connectivity index (χ4n) is 4.43. The summed E-state index contributed by atoms with van der Waals surface area (Å²) in [6.07, 6.45) is 3.24. The third-order valence-electron chi connectivity index (χ3n) is 6.12. The Morgan fingerprint density at radius 1 is 1.18 bits per heavy atom. The van der Waals surface area contributed by atoms with Crippen molar-refractivity contribution < 1.29 is 34.1 Å². The van der Waals surface area contributed by atoms with Crippen molar-refractivity contribution in [3.05, 3.63) is 36.0 Å². The number of carboxylic acid groups (broad SMARTS) is 2. The van der Waals surface area contributed by atoms with E-state index in [0.29, 0.717) is 25.7 Å². The monoisotopic (exact) mass is 473 g/mol. The number of aryl methyl sites for hydroxylation is 1. The molecule has 1 aromatic carbocycles. The zero-order valence-corrected chi connectivity index (χ0v) is 19.2. The first-order valence-corrected chi connectivity index (χ1v) is 11.5. The van der Waals surface area contributed by atoms with Crippen molar-refractivity contribution in [3.63, 3.8) is 0 Å². The lowest BCUT2D eigenvalue weighted by molar-refractivity contribution is -0.151. The number of hydrogen-bond acceptors (Lipinski definition) is 6. The largest absolute Gasteiger partial charge is 0.481 e. The van der Waals surface area contributed by atoms with Crippen LogP contribution in [0.2, 0.25) is 0 Å².